The molecule has 7 nitrogen and oxygen atoms in total. The molecular formula is C17H17NO6S. The summed E-state index contributed by atoms with van der Waals surface area (Å²) in [5, 5.41) is 0. The molecule has 0 saturated carbocycles. The van der Waals surface area contributed by atoms with Crippen molar-refractivity contribution >= 4 is 22.0 Å². The Morgan fingerprint density at radius 2 is 2.16 bits per heavy atom. The van der Waals surface area contributed by atoms with Gasteiger partial charge in [0.2, 0.25) is 5.76 Å². The smallest absolute Gasteiger partial charge is 0.379 e. The lowest BCUT2D eigenvalue weighted by atomic mass is 10.2. The van der Waals surface area contributed by atoms with E-state index in [2.05, 4.69) is 4.99 Å². The van der Waals surface area contributed by atoms with Gasteiger partial charge in [-0.05, 0) is 42.3 Å². The highest BCUT2D eigenvalue weighted by atomic mass is 32.2. The van der Waals surface area contributed by atoms with Crippen LogP contribution >= 0.6 is 0 Å². The number of hydrogen-bond acceptors (Lipinski definition) is 7. The molecule has 1 aliphatic heterocycles. The third-order valence-corrected chi connectivity index (χ3v) is 5.51. The van der Waals surface area contributed by atoms with Crippen molar-refractivity contribution in [1.82, 2.24) is 0 Å². The van der Waals surface area contributed by atoms with Crippen LogP contribution in [0.4, 0.5) is 0 Å². The number of hydrogen-bond donors (Lipinski definition) is 0. The third kappa shape index (κ3) is 4.27. The summed E-state index contributed by atoms with van der Waals surface area (Å²) in [7, 11) is -1.50. The molecule has 0 aliphatic carbocycles. The van der Waals surface area contributed by atoms with Gasteiger partial charge in [0.15, 0.2) is 21.3 Å². The van der Waals surface area contributed by atoms with Crippen molar-refractivity contribution < 1.29 is 27.1 Å². The number of rotatable bonds is 5. The normalized spacial score (nSPS) is 19.2. The van der Waals surface area contributed by atoms with E-state index < -0.39 is 15.8 Å². The van der Waals surface area contributed by atoms with Crippen molar-refractivity contribution in [2.45, 2.75) is 12.5 Å². The fraction of sp³-hybridized carbons (Fsp3) is 0.294. The summed E-state index contributed by atoms with van der Waals surface area (Å²) in [5.41, 5.74) is 0.721. The van der Waals surface area contributed by atoms with Crippen LogP contribution in [0.2, 0.25) is 0 Å². The van der Waals surface area contributed by atoms with Gasteiger partial charge < -0.3 is 13.9 Å². The van der Waals surface area contributed by atoms with Crippen LogP contribution in [0.5, 0.6) is 11.5 Å². The quantitative estimate of drug-likeness (QED) is 0.459. The van der Waals surface area contributed by atoms with Crippen molar-refractivity contribution in [3.8, 4) is 11.5 Å². The van der Waals surface area contributed by atoms with Gasteiger partial charge in [-0.15, -0.1) is 0 Å². The summed E-state index contributed by atoms with van der Waals surface area (Å²) >= 11 is 0. The first-order valence-corrected chi connectivity index (χ1v) is 9.46. The van der Waals surface area contributed by atoms with Crippen molar-refractivity contribution in [2.75, 3.05) is 18.6 Å². The zero-order chi connectivity index (χ0) is 17.9. The van der Waals surface area contributed by atoms with Gasteiger partial charge in [-0.25, -0.2) is 13.2 Å². The van der Waals surface area contributed by atoms with Crippen molar-refractivity contribution in [3.63, 3.8) is 0 Å². The maximum Gasteiger partial charge on any atom is 0.379 e. The lowest BCUT2D eigenvalue weighted by molar-refractivity contribution is 0.0696. The highest BCUT2D eigenvalue weighted by molar-refractivity contribution is 7.91. The van der Waals surface area contributed by atoms with E-state index in [1.165, 1.54) is 19.4 Å². The minimum Gasteiger partial charge on any atom is -0.493 e. The van der Waals surface area contributed by atoms with Crippen LogP contribution in [0.1, 0.15) is 22.5 Å². The second-order valence-corrected chi connectivity index (χ2v) is 7.84. The van der Waals surface area contributed by atoms with E-state index in [1.807, 2.05) is 0 Å². The van der Waals surface area contributed by atoms with Gasteiger partial charge in [-0.2, -0.15) is 0 Å². The van der Waals surface area contributed by atoms with E-state index in [1.54, 1.807) is 30.5 Å². The van der Waals surface area contributed by atoms with Crippen molar-refractivity contribution in [3.05, 3.63) is 47.9 Å². The van der Waals surface area contributed by atoms with Crippen LogP contribution in [0.15, 0.2) is 46.0 Å². The molecule has 1 aromatic carbocycles. The van der Waals surface area contributed by atoms with Crippen LogP contribution in [-0.2, 0) is 9.84 Å². The molecule has 2 aromatic rings. The first-order chi connectivity index (χ1) is 12.0. The number of benzene rings is 1. The fourth-order valence-corrected chi connectivity index (χ4v) is 4.11. The monoisotopic (exact) mass is 363 g/mol. The van der Waals surface area contributed by atoms with Crippen LogP contribution in [0.3, 0.4) is 0 Å². The molecule has 1 fully saturated rings. The first-order valence-electron chi connectivity index (χ1n) is 7.64. The summed E-state index contributed by atoms with van der Waals surface area (Å²) in [4.78, 5) is 16.2. The number of carbonyl (C=O) groups excluding carboxylic acids is 1. The molecule has 1 atom stereocenters. The lowest BCUT2D eigenvalue weighted by Crippen LogP contribution is -2.09. The molecule has 1 aliphatic rings. The Kier molecular flexibility index (Phi) is 4.89. The number of methoxy groups -OCH3 is 1. The Hall–Kier alpha value is -2.61. The summed E-state index contributed by atoms with van der Waals surface area (Å²) in [6.07, 6.45) is 3.53. The molecule has 8 heteroatoms. The van der Waals surface area contributed by atoms with Crippen LogP contribution in [0.25, 0.3) is 0 Å². The Labute approximate surface area is 145 Å². The predicted octanol–water partition coefficient (Wildman–Crippen LogP) is 2.11. The highest BCUT2D eigenvalue weighted by Crippen LogP contribution is 2.28. The standard InChI is InChI=1S/C17H17NO6S/c1-22-16-9-12(10-18-13-6-8-25(20,21)11-13)4-5-14(16)24-17(19)15-3-2-7-23-15/h2-5,7,9-10,13H,6,8,11H2,1H3/t13-/m0/s1. The maximum atomic E-state index is 11.9. The molecule has 0 radical (unpaired) electrons. The van der Waals surface area contributed by atoms with Crippen molar-refractivity contribution in [1.29, 1.82) is 0 Å². The zero-order valence-corrected chi connectivity index (χ0v) is 14.4. The molecule has 0 amide bonds. The highest BCUT2D eigenvalue weighted by Gasteiger charge is 2.26. The summed E-state index contributed by atoms with van der Waals surface area (Å²) in [6, 6.07) is 7.85. The van der Waals surface area contributed by atoms with Crippen LogP contribution < -0.4 is 9.47 Å². The molecule has 132 valence electrons. The minimum atomic E-state index is -2.96. The lowest BCUT2D eigenvalue weighted by Gasteiger charge is -2.09. The largest absolute Gasteiger partial charge is 0.493 e. The van der Waals surface area contributed by atoms with Gasteiger partial charge in [-0.3, -0.25) is 4.99 Å². The van der Waals surface area contributed by atoms with E-state index in [0.717, 1.165) is 5.56 Å². The topological polar surface area (TPSA) is 95.2 Å². The number of aliphatic imine (C=N–C) groups is 1. The molecule has 0 N–H and O–H groups in total. The summed E-state index contributed by atoms with van der Waals surface area (Å²) < 4.78 is 38.4. The Bertz CT molecular complexity index is 886. The van der Waals surface area contributed by atoms with Crippen molar-refractivity contribution in [2.24, 2.45) is 4.99 Å². The van der Waals surface area contributed by atoms with Gasteiger partial charge in [0, 0.05) is 6.21 Å². The molecule has 25 heavy (non-hydrogen) atoms. The Morgan fingerprint density at radius 3 is 2.80 bits per heavy atom. The third-order valence-electron chi connectivity index (χ3n) is 3.76. The Balaban J connectivity index is 1.72. The van der Waals surface area contributed by atoms with E-state index in [9.17, 15) is 13.2 Å². The molecule has 0 unspecified atom stereocenters. The second kappa shape index (κ2) is 7.10. The van der Waals surface area contributed by atoms with E-state index in [4.69, 9.17) is 13.9 Å². The predicted molar refractivity (Wildman–Crippen MR) is 91.3 cm³/mol. The molecule has 1 aromatic heterocycles. The SMILES string of the molecule is COc1cc(C=N[C@H]2CCS(=O)(=O)C2)ccc1OC(=O)c1ccco1. The molecule has 0 spiro atoms. The van der Waals surface area contributed by atoms with Gasteiger partial charge in [0.25, 0.3) is 0 Å². The minimum absolute atomic E-state index is 0.0828. The number of furan rings is 1. The number of carbonyl (C=O) groups is 1. The second-order valence-electron chi connectivity index (χ2n) is 5.61. The number of sulfone groups is 1. The Morgan fingerprint density at radius 1 is 1.32 bits per heavy atom. The number of nitrogens with zero attached hydrogens (tertiary/aromatic N) is 1. The molecule has 2 heterocycles. The van der Waals surface area contributed by atoms with Gasteiger partial charge in [0.05, 0.1) is 30.9 Å². The molecular weight excluding hydrogens is 346 g/mol. The van der Waals surface area contributed by atoms with Crippen LogP contribution in [-0.4, -0.2) is 45.3 Å². The summed E-state index contributed by atoms with van der Waals surface area (Å²) in [5.74, 6) is 0.350. The van der Waals surface area contributed by atoms with E-state index >= 15 is 0 Å². The van der Waals surface area contributed by atoms with Gasteiger partial charge in [0.1, 0.15) is 0 Å². The van der Waals surface area contributed by atoms with E-state index in [0.29, 0.717) is 12.2 Å². The fourth-order valence-electron chi connectivity index (χ4n) is 2.48. The first kappa shape index (κ1) is 17.2. The van der Waals surface area contributed by atoms with Gasteiger partial charge >= 0.3 is 5.97 Å². The molecule has 1 saturated heterocycles. The zero-order valence-electron chi connectivity index (χ0n) is 13.5. The average molecular weight is 363 g/mol. The number of esters is 1. The van der Waals surface area contributed by atoms with Gasteiger partial charge in [-0.1, -0.05) is 0 Å². The number of ether oxygens (including phenoxy) is 2. The average Bonchev–Trinajstić information content (AvgIpc) is 3.23. The van der Waals surface area contributed by atoms with Crippen LogP contribution in [0, 0.1) is 0 Å². The maximum absolute atomic E-state index is 11.9. The molecule has 3 rings (SSSR count). The van der Waals surface area contributed by atoms with E-state index in [-0.39, 0.29) is 29.1 Å². The molecule has 0 bridgehead atoms. The summed E-state index contributed by atoms with van der Waals surface area (Å²) in [6.45, 7) is 0.